The second-order valence-corrected chi connectivity index (χ2v) is 5.98. The topological polar surface area (TPSA) is 88.9 Å². The van der Waals surface area contributed by atoms with Crippen LogP contribution in [0.2, 0.25) is 0 Å². The monoisotopic (exact) mass is 371 g/mol. The number of esters is 1. The molecule has 144 valence electrons. The molecule has 0 spiro atoms. The minimum atomic E-state index is -0.484. The number of aliphatic hydroxyl groups excluding tert-OH is 1. The van der Waals surface area contributed by atoms with Crippen LogP contribution in [0.5, 0.6) is 11.5 Å². The summed E-state index contributed by atoms with van der Waals surface area (Å²) in [6.45, 7) is 3.33. The van der Waals surface area contributed by atoms with Gasteiger partial charge in [-0.1, -0.05) is 12.1 Å². The van der Waals surface area contributed by atoms with Gasteiger partial charge in [-0.3, -0.25) is 4.98 Å². The average Bonchev–Trinajstić information content (AvgIpc) is 2.68. The maximum absolute atomic E-state index is 11.7. The first-order chi connectivity index (χ1) is 13.0. The molecule has 0 aliphatic carbocycles. The van der Waals surface area contributed by atoms with E-state index in [-0.39, 0.29) is 19.0 Å². The number of aromatic nitrogens is 1. The van der Waals surface area contributed by atoms with Crippen LogP contribution in [0.3, 0.4) is 0 Å². The Kier molecular flexibility index (Phi) is 7.37. The van der Waals surface area contributed by atoms with Crippen molar-refractivity contribution in [1.82, 2.24) is 4.98 Å². The number of methoxy groups -OCH3 is 1. The number of aliphatic hydroxyl groups is 1. The Balaban J connectivity index is 2.32. The normalized spacial score (nSPS) is 11.0. The van der Waals surface area contributed by atoms with Crippen LogP contribution in [0.15, 0.2) is 30.3 Å². The Morgan fingerprint density at radius 3 is 2.52 bits per heavy atom. The highest BCUT2D eigenvalue weighted by Crippen LogP contribution is 2.28. The van der Waals surface area contributed by atoms with E-state index < -0.39 is 5.97 Å². The summed E-state index contributed by atoms with van der Waals surface area (Å²) in [5.74, 6) is 0.245. The summed E-state index contributed by atoms with van der Waals surface area (Å²) in [4.78, 5) is 16.1. The maximum atomic E-state index is 11.7. The first-order valence-corrected chi connectivity index (χ1v) is 8.80. The maximum Gasteiger partial charge on any atom is 0.330 e. The molecule has 0 fully saturated rings. The van der Waals surface area contributed by atoms with E-state index in [2.05, 4.69) is 4.98 Å². The summed E-state index contributed by atoms with van der Waals surface area (Å²) in [7, 11) is 1.62. The predicted octanol–water partition coefficient (Wildman–Crippen LogP) is 2.96. The zero-order valence-electron chi connectivity index (χ0n) is 15.9. The van der Waals surface area contributed by atoms with Gasteiger partial charge in [0.15, 0.2) is 0 Å². The fourth-order valence-electron chi connectivity index (χ4n) is 2.78. The zero-order chi connectivity index (χ0) is 19.8. The second kappa shape index (κ2) is 9.73. The number of nitrogens with zero attached hydrogens (tertiary/aromatic N) is 1. The largest absolute Gasteiger partial charge is 0.506 e. The summed E-state index contributed by atoms with van der Waals surface area (Å²) in [6.07, 6.45) is 4.12. The Bertz CT molecular complexity index is 812. The third kappa shape index (κ3) is 5.31. The second-order valence-electron chi connectivity index (χ2n) is 5.98. The van der Waals surface area contributed by atoms with Crippen molar-refractivity contribution in [2.45, 2.75) is 33.3 Å². The van der Waals surface area contributed by atoms with Gasteiger partial charge in [0.1, 0.15) is 11.5 Å². The van der Waals surface area contributed by atoms with Gasteiger partial charge in [0, 0.05) is 22.9 Å². The van der Waals surface area contributed by atoms with Crippen molar-refractivity contribution in [3.05, 3.63) is 58.4 Å². The standard InChI is InChI=1S/C21H25NO5/c1-4-27-20(24)12-10-17-18(13-23)21(25)14(2)22-19(17)11-7-15-5-8-16(26-3)9-6-15/h5-6,8-10,12,23,25H,4,7,11,13H2,1-3H3/b12-10+. The molecule has 0 saturated heterocycles. The Morgan fingerprint density at radius 2 is 1.93 bits per heavy atom. The minimum absolute atomic E-state index is 0.0609. The predicted molar refractivity (Wildman–Crippen MR) is 103 cm³/mol. The van der Waals surface area contributed by atoms with Crippen LogP contribution in [-0.2, 0) is 29.0 Å². The molecular weight excluding hydrogens is 346 g/mol. The van der Waals surface area contributed by atoms with E-state index in [1.54, 1.807) is 27.0 Å². The molecule has 1 aromatic heterocycles. The van der Waals surface area contributed by atoms with Gasteiger partial charge in [-0.2, -0.15) is 0 Å². The van der Waals surface area contributed by atoms with E-state index >= 15 is 0 Å². The summed E-state index contributed by atoms with van der Waals surface area (Å²) < 4.78 is 10.1. The molecule has 0 bridgehead atoms. The lowest BCUT2D eigenvalue weighted by Crippen LogP contribution is -2.06. The average molecular weight is 371 g/mol. The minimum Gasteiger partial charge on any atom is -0.506 e. The lowest BCUT2D eigenvalue weighted by molar-refractivity contribution is -0.137. The van der Waals surface area contributed by atoms with E-state index in [4.69, 9.17) is 9.47 Å². The third-order valence-corrected chi connectivity index (χ3v) is 4.21. The molecule has 2 rings (SSSR count). The number of hydrogen-bond donors (Lipinski definition) is 2. The number of benzene rings is 1. The molecule has 1 heterocycles. The SMILES string of the molecule is CCOC(=O)/C=C/c1c(CCc2ccc(OC)cc2)nc(C)c(O)c1CO. The van der Waals surface area contributed by atoms with Crippen molar-refractivity contribution in [1.29, 1.82) is 0 Å². The Hall–Kier alpha value is -2.86. The fourth-order valence-corrected chi connectivity index (χ4v) is 2.78. The van der Waals surface area contributed by atoms with Crippen LogP contribution in [0.1, 0.15) is 35.0 Å². The molecule has 0 aliphatic rings. The third-order valence-electron chi connectivity index (χ3n) is 4.21. The fraction of sp³-hybridized carbons (Fsp3) is 0.333. The lowest BCUT2D eigenvalue weighted by Gasteiger charge is -2.14. The molecule has 6 nitrogen and oxygen atoms in total. The van der Waals surface area contributed by atoms with Gasteiger partial charge in [0.2, 0.25) is 0 Å². The highest BCUT2D eigenvalue weighted by molar-refractivity contribution is 5.87. The highest BCUT2D eigenvalue weighted by Gasteiger charge is 2.15. The molecular formula is C21H25NO5. The van der Waals surface area contributed by atoms with E-state index in [9.17, 15) is 15.0 Å². The van der Waals surface area contributed by atoms with E-state index in [0.29, 0.717) is 35.4 Å². The number of carbonyl (C=O) groups excluding carboxylic acids is 1. The van der Waals surface area contributed by atoms with Crippen molar-refractivity contribution >= 4 is 12.0 Å². The van der Waals surface area contributed by atoms with Gasteiger partial charge in [-0.25, -0.2) is 4.79 Å². The summed E-state index contributed by atoms with van der Waals surface area (Å²) in [5.41, 5.74) is 3.15. The van der Waals surface area contributed by atoms with Gasteiger partial charge < -0.3 is 19.7 Å². The molecule has 2 N–H and O–H groups in total. The summed E-state index contributed by atoms with van der Waals surface area (Å²) in [6, 6.07) is 7.75. The smallest absolute Gasteiger partial charge is 0.330 e. The molecule has 2 aromatic rings. The van der Waals surface area contributed by atoms with Crippen LogP contribution in [0.25, 0.3) is 6.08 Å². The van der Waals surface area contributed by atoms with E-state index in [0.717, 1.165) is 11.3 Å². The Labute approximate surface area is 159 Å². The molecule has 0 atom stereocenters. The summed E-state index contributed by atoms with van der Waals surface area (Å²) in [5, 5.41) is 19.9. The highest BCUT2D eigenvalue weighted by atomic mass is 16.5. The number of carbonyl (C=O) groups is 1. The van der Waals surface area contributed by atoms with Crippen LogP contribution < -0.4 is 4.74 Å². The number of aryl methyl sites for hydroxylation is 3. The van der Waals surface area contributed by atoms with Crippen LogP contribution in [0, 0.1) is 6.92 Å². The lowest BCUT2D eigenvalue weighted by atomic mass is 9.99. The molecule has 0 aliphatic heterocycles. The molecule has 27 heavy (non-hydrogen) atoms. The van der Waals surface area contributed by atoms with Crippen LogP contribution in [0.4, 0.5) is 0 Å². The molecule has 0 amide bonds. The van der Waals surface area contributed by atoms with Crippen LogP contribution >= 0.6 is 0 Å². The first-order valence-electron chi connectivity index (χ1n) is 8.80. The van der Waals surface area contributed by atoms with Crippen molar-refractivity contribution in [3.8, 4) is 11.5 Å². The quantitative estimate of drug-likeness (QED) is 0.548. The van der Waals surface area contributed by atoms with E-state index in [1.807, 2.05) is 24.3 Å². The number of pyridine rings is 1. The van der Waals surface area contributed by atoms with Crippen LogP contribution in [-0.4, -0.2) is 34.9 Å². The van der Waals surface area contributed by atoms with Gasteiger partial charge in [0.25, 0.3) is 0 Å². The Morgan fingerprint density at radius 1 is 1.22 bits per heavy atom. The van der Waals surface area contributed by atoms with Crippen molar-refractivity contribution in [2.75, 3.05) is 13.7 Å². The number of ether oxygens (including phenoxy) is 2. The van der Waals surface area contributed by atoms with Gasteiger partial charge in [0.05, 0.1) is 26.0 Å². The molecule has 1 aromatic carbocycles. The van der Waals surface area contributed by atoms with Crippen molar-refractivity contribution < 1.29 is 24.5 Å². The van der Waals surface area contributed by atoms with Crippen molar-refractivity contribution in [3.63, 3.8) is 0 Å². The van der Waals surface area contributed by atoms with Gasteiger partial charge in [-0.05, 0) is 50.5 Å². The van der Waals surface area contributed by atoms with Gasteiger partial charge in [-0.15, -0.1) is 0 Å². The molecule has 0 saturated carbocycles. The zero-order valence-corrected chi connectivity index (χ0v) is 15.9. The van der Waals surface area contributed by atoms with Gasteiger partial charge >= 0.3 is 5.97 Å². The summed E-state index contributed by atoms with van der Waals surface area (Å²) >= 11 is 0. The van der Waals surface area contributed by atoms with E-state index in [1.165, 1.54) is 6.08 Å². The molecule has 6 heteroatoms. The van der Waals surface area contributed by atoms with Crippen molar-refractivity contribution in [2.24, 2.45) is 0 Å². The number of hydrogen-bond acceptors (Lipinski definition) is 6. The number of rotatable bonds is 8. The first kappa shape index (κ1) is 20.5. The molecule has 0 radical (unpaired) electrons. The number of aromatic hydroxyl groups is 1. The molecule has 0 unspecified atom stereocenters.